The van der Waals surface area contributed by atoms with E-state index in [9.17, 15) is 18.0 Å². The Morgan fingerprint density at radius 2 is 2.04 bits per heavy atom. The van der Waals surface area contributed by atoms with E-state index < -0.39 is 12.7 Å². The second kappa shape index (κ2) is 7.54. The second-order valence-corrected chi connectivity index (χ2v) is 5.57. The molecule has 23 heavy (non-hydrogen) atoms. The summed E-state index contributed by atoms with van der Waals surface area (Å²) < 4.78 is 42.0. The third-order valence-electron chi connectivity index (χ3n) is 3.67. The summed E-state index contributed by atoms with van der Waals surface area (Å²) in [5, 5.41) is 5.36. The highest BCUT2D eigenvalue weighted by molar-refractivity contribution is 5.89. The number of methoxy groups -OCH3 is 1. The number of likely N-dealkylation sites (tertiary alicyclic amines) is 1. The normalized spacial score (nSPS) is 18.7. The predicted octanol–water partition coefficient (Wildman–Crippen LogP) is 2.70. The van der Waals surface area contributed by atoms with Gasteiger partial charge in [-0.15, -0.1) is 0 Å². The Labute approximate surface area is 132 Å². The summed E-state index contributed by atoms with van der Waals surface area (Å²) in [5.74, 6) is 0.727. The molecule has 0 bridgehead atoms. The highest BCUT2D eigenvalue weighted by Crippen LogP contribution is 2.22. The first-order valence-corrected chi connectivity index (χ1v) is 7.34. The van der Waals surface area contributed by atoms with Crippen molar-refractivity contribution in [2.75, 3.05) is 38.6 Å². The van der Waals surface area contributed by atoms with Crippen molar-refractivity contribution in [3.05, 3.63) is 24.3 Å². The standard InChI is InChI=1S/C15H20F3N3O2/c1-23-13-4-2-12(3-5-13)20-14(22)19-8-11-6-7-21(9-11)10-15(16,17)18/h2-5,11H,6-10H2,1H3,(H2,19,20,22)/t11-/m1/s1. The molecular weight excluding hydrogens is 311 g/mol. The first-order valence-electron chi connectivity index (χ1n) is 7.34. The summed E-state index contributed by atoms with van der Waals surface area (Å²) in [6.45, 7) is 0.228. The van der Waals surface area contributed by atoms with Crippen LogP contribution in [-0.2, 0) is 0 Å². The Bertz CT molecular complexity index is 520. The number of carbonyl (C=O) groups excluding carboxylic acids is 1. The fourth-order valence-electron chi connectivity index (χ4n) is 2.56. The fourth-order valence-corrected chi connectivity index (χ4v) is 2.56. The first kappa shape index (κ1) is 17.4. The smallest absolute Gasteiger partial charge is 0.401 e. The lowest BCUT2D eigenvalue weighted by molar-refractivity contribution is -0.143. The van der Waals surface area contributed by atoms with Crippen LogP contribution in [0.3, 0.4) is 0 Å². The first-order chi connectivity index (χ1) is 10.9. The Hall–Kier alpha value is -1.96. The van der Waals surface area contributed by atoms with Gasteiger partial charge in [0.25, 0.3) is 0 Å². The summed E-state index contributed by atoms with van der Waals surface area (Å²) in [7, 11) is 1.55. The third-order valence-corrected chi connectivity index (χ3v) is 3.67. The molecule has 1 heterocycles. The van der Waals surface area contributed by atoms with Gasteiger partial charge >= 0.3 is 12.2 Å². The van der Waals surface area contributed by atoms with Gasteiger partial charge < -0.3 is 15.4 Å². The molecule has 0 radical (unpaired) electrons. The van der Waals surface area contributed by atoms with Gasteiger partial charge in [0.1, 0.15) is 5.75 Å². The van der Waals surface area contributed by atoms with Crippen LogP contribution in [0.5, 0.6) is 5.75 Å². The Kier molecular flexibility index (Phi) is 5.70. The van der Waals surface area contributed by atoms with Crippen LogP contribution in [0.15, 0.2) is 24.3 Å². The molecule has 2 rings (SSSR count). The van der Waals surface area contributed by atoms with Crippen molar-refractivity contribution in [2.45, 2.75) is 12.6 Å². The van der Waals surface area contributed by atoms with Crippen molar-refractivity contribution < 1.29 is 22.7 Å². The average Bonchev–Trinajstić information content (AvgIpc) is 2.91. The van der Waals surface area contributed by atoms with Crippen LogP contribution in [0.1, 0.15) is 6.42 Å². The predicted molar refractivity (Wildman–Crippen MR) is 80.6 cm³/mol. The number of rotatable bonds is 5. The minimum Gasteiger partial charge on any atom is -0.497 e. The number of ether oxygens (including phenoxy) is 1. The van der Waals surface area contributed by atoms with Crippen molar-refractivity contribution in [3.8, 4) is 5.75 Å². The number of nitrogens with zero attached hydrogens (tertiary/aromatic N) is 1. The lowest BCUT2D eigenvalue weighted by Crippen LogP contribution is -2.36. The summed E-state index contributed by atoms with van der Waals surface area (Å²) >= 11 is 0. The molecule has 2 N–H and O–H groups in total. The summed E-state index contributed by atoms with van der Waals surface area (Å²) in [6, 6.07) is 6.49. The number of nitrogens with one attached hydrogen (secondary N) is 2. The molecule has 1 fully saturated rings. The van der Waals surface area contributed by atoms with E-state index in [1.54, 1.807) is 31.4 Å². The van der Waals surface area contributed by atoms with Crippen molar-refractivity contribution in [1.82, 2.24) is 10.2 Å². The van der Waals surface area contributed by atoms with Gasteiger partial charge in [-0.3, -0.25) is 4.90 Å². The highest BCUT2D eigenvalue weighted by atomic mass is 19.4. The molecule has 2 amide bonds. The largest absolute Gasteiger partial charge is 0.497 e. The zero-order valence-corrected chi connectivity index (χ0v) is 12.8. The maximum absolute atomic E-state index is 12.3. The van der Waals surface area contributed by atoms with Gasteiger partial charge in [0.15, 0.2) is 0 Å². The van der Waals surface area contributed by atoms with E-state index in [1.165, 1.54) is 4.90 Å². The van der Waals surface area contributed by atoms with Crippen LogP contribution in [0.25, 0.3) is 0 Å². The molecule has 1 aliphatic heterocycles. The molecule has 5 nitrogen and oxygen atoms in total. The summed E-state index contributed by atoms with van der Waals surface area (Å²) in [4.78, 5) is 13.2. The number of alkyl halides is 3. The van der Waals surface area contributed by atoms with Gasteiger partial charge in [-0.25, -0.2) is 4.79 Å². The number of urea groups is 1. The molecule has 1 atom stereocenters. The molecule has 1 aliphatic rings. The zero-order valence-electron chi connectivity index (χ0n) is 12.8. The number of benzene rings is 1. The average molecular weight is 331 g/mol. The van der Waals surface area contributed by atoms with Gasteiger partial charge in [0.05, 0.1) is 13.7 Å². The molecule has 128 valence electrons. The molecular formula is C15H20F3N3O2. The quantitative estimate of drug-likeness (QED) is 0.872. The topological polar surface area (TPSA) is 53.6 Å². The third kappa shape index (κ3) is 5.97. The fraction of sp³-hybridized carbons (Fsp3) is 0.533. The summed E-state index contributed by atoms with van der Waals surface area (Å²) in [5.41, 5.74) is 0.619. The molecule has 0 saturated carbocycles. The number of hydrogen-bond acceptors (Lipinski definition) is 3. The van der Waals surface area contributed by atoms with Crippen molar-refractivity contribution in [2.24, 2.45) is 5.92 Å². The van der Waals surface area contributed by atoms with E-state index in [-0.39, 0.29) is 11.9 Å². The monoisotopic (exact) mass is 331 g/mol. The van der Waals surface area contributed by atoms with Crippen LogP contribution < -0.4 is 15.4 Å². The van der Waals surface area contributed by atoms with E-state index in [1.807, 2.05) is 0 Å². The number of carbonyl (C=O) groups is 1. The van der Waals surface area contributed by atoms with Crippen LogP contribution in [0.2, 0.25) is 0 Å². The minimum atomic E-state index is -4.17. The number of halogens is 3. The molecule has 0 unspecified atom stereocenters. The lowest BCUT2D eigenvalue weighted by Gasteiger charge is -2.18. The molecule has 1 aromatic rings. The number of anilines is 1. The lowest BCUT2D eigenvalue weighted by atomic mass is 10.1. The SMILES string of the molecule is COc1ccc(NC(=O)NC[C@H]2CCN(CC(F)(F)F)C2)cc1. The van der Waals surface area contributed by atoms with E-state index in [0.717, 1.165) is 0 Å². The molecule has 0 spiro atoms. The van der Waals surface area contributed by atoms with E-state index in [0.29, 0.717) is 37.5 Å². The van der Waals surface area contributed by atoms with E-state index >= 15 is 0 Å². The molecule has 1 aromatic carbocycles. The Morgan fingerprint density at radius 3 is 2.65 bits per heavy atom. The van der Waals surface area contributed by atoms with Crippen LogP contribution in [0.4, 0.5) is 23.7 Å². The van der Waals surface area contributed by atoms with Gasteiger partial charge in [-0.05, 0) is 43.1 Å². The zero-order chi connectivity index (χ0) is 16.9. The maximum Gasteiger partial charge on any atom is 0.401 e. The van der Waals surface area contributed by atoms with Gasteiger partial charge in [0, 0.05) is 18.8 Å². The molecule has 8 heteroatoms. The highest BCUT2D eigenvalue weighted by Gasteiger charge is 2.34. The van der Waals surface area contributed by atoms with Crippen molar-refractivity contribution in [1.29, 1.82) is 0 Å². The Morgan fingerprint density at radius 1 is 1.35 bits per heavy atom. The van der Waals surface area contributed by atoms with E-state index in [4.69, 9.17) is 4.74 Å². The van der Waals surface area contributed by atoms with Crippen molar-refractivity contribution in [3.63, 3.8) is 0 Å². The van der Waals surface area contributed by atoms with Crippen LogP contribution in [0, 0.1) is 5.92 Å². The van der Waals surface area contributed by atoms with Gasteiger partial charge in [0.2, 0.25) is 0 Å². The maximum atomic E-state index is 12.3. The van der Waals surface area contributed by atoms with E-state index in [2.05, 4.69) is 10.6 Å². The molecule has 0 aromatic heterocycles. The Balaban J connectivity index is 1.70. The van der Waals surface area contributed by atoms with Crippen LogP contribution in [-0.4, -0.2) is 50.4 Å². The molecule has 1 saturated heterocycles. The van der Waals surface area contributed by atoms with Crippen LogP contribution >= 0.6 is 0 Å². The number of amides is 2. The summed E-state index contributed by atoms with van der Waals surface area (Å²) in [6.07, 6.45) is -3.52. The van der Waals surface area contributed by atoms with Gasteiger partial charge in [-0.2, -0.15) is 13.2 Å². The molecule has 0 aliphatic carbocycles. The van der Waals surface area contributed by atoms with Crippen molar-refractivity contribution >= 4 is 11.7 Å². The van der Waals surface area contributed by atoms with Gasteiger partial charge in [-0.1, -0.05) is 0 Å². The second-order valence-electron chi connectivity index (χ2n) is 5.57. The number of hydrogen-bond donors (Lipinski definition) is 2. The minimum absolute atomic E-state index is 0.0407.